The van der Waals surface area contributed by atoms with E-state index < -0.39 is 17.1 Å². The van der Waals surface area contributed by atoms with Gasteiger partial charge < -0.3 is 39.6 Å². The van der Waals surface area contributed by atoms with E-state index in [1.165, 1.54) is 50.5 Å². The molecule has 0 aliphatic rings. The molecule has 5 aromatic carbocycles. The summed E-state index contributed by atoms with van der Waals surface area (Å²) < 4.78 is 27.3. The normalized spacial score (nSPS) is 11.5. The van der Waals surface area contributed by atoms with E-state index in [1.54, 1.807) is 80.9 Å². The predicted octanol–water partition coefficient (Wildman–Crippen LogP) is 8.73. The van der Waals surface area contributed by atoms with E-state index in [9.17, 15) is 14.4 Å². The summed E-state index contributed by atoms with van der Waals surface area (Å²) >= 11 is 2.62. The standard InChI is InChI=1S/C44H40N4O8S2/c1-52-35-20-19-29(22-37(35)54-3)34-26-57-44(47-34)48-43(51)40(27-13-8-6-9-14-27)58-32-18-12-17-31(24-32)45-42(50)33(46-41(49)28-15-10-7-11-16-28)21-30-23-38(55-4)39(56-5)25-36(30)53-2/h6-26,40H,1-5H3,(H,45,50)(H,46,49)(H,47,48,51)/b33-21+. The smallest absolute Gasteiger partial charge is 0.272 e. The highest BCUT2D eigenvalue weighted by molar-refractivity contribution is 8.00. The van der Waals surface area contributed by atoms with Gasteiger partial charge in [0.15, 0.2) is 28.1 Å². The van der Waals surface area contributed by atoms with Gasteiger partial charge in [0.25, 0.3) is 11.8 Å². The van der Waals surface area contributed by atoms with Gasteiger partial charge in [-0.15, -0.1) is 23.1 Å². The number of carbonyl (C=O) groups is 3. The molecule has 0 radical (unpaired) electrons. The van der Waals surface area contributed by atoms with Crippen molar-refractivity contribution in [1.82, 2.24) is 10.3 Å². The first kappa shape index (κ1) is 40.9. The number of hydrogen-bond acceptors (Lipinski definition) is 11. The quantitative estimate of drug-likeness (QED) is 0.0641. The zero-order valence-corrected chi connectivity index (χ0v) is 33.9. The molecule has 1 unspecified atom stereocenters. The lowest BCUT2D eigenvalue weighted by Crippen LogP contribution is -2.30. The summed E-state index contributed by atoms with van der Waals surface area (Å²) in [6.45, 7) is 0. The van der Waals surface area contributed by atoms with Gasteiger partial charge in [-0.25, -0.2) is 4.98 Å². The van der Waals surface area contributed by atoms with Gasteiger partial charge in [-0.05, 0) is 66.2 Å². The number of aromatic nitrogens is 1. The van der Waals surface area contributed by atoms with Gasteiger partial charge in [0.05, 0.1) is 41.2 Å². The second-order valence-corrected chi connectivity index (χ2v) is 14.4. The Hall–Kier alpha value is -6.77. The molecular weight excluding hydrogens is 777 g/mol. The van der Waals surface area contributed by atoms with Crippen molar-refractivity contribution in [2.45, 2.75) is 10.1 Å². The van der Waals surface area contributed by atoms with Gasteiger partial charge in [0.2, 0.25) is 5.91 Å². The molecular formula is C44H40N4O8S2. The molecule has 0 saturated carbocycles. The highest BCUT2D eigenvalue weighted by Gasteiger charge is 2.24. The minimum atomic E-state index is -0.682. The summed E-state index contributed by atoms with van der Waals surface area (Å²) in [5.74, 6) is 1.01. The number of nitrogens with one attached hydrogen (secondary N) is 3. The second-order valence-electron chi connectivity index (χ2n) is 12.3. The van der Waals surface area contributed by atoms with Crippen LogP contribution in [0.15, 0.2) is 131 Å². The van der Waals surface area contributed by atoms with Crippen molar-refractivity contribution >= 4 is 57.7 Å². The maximum atomic E-state index is 14.0. The molecule has 6 rings (SSSR count). The lowest BCUT2D eigenvalue weighted by atomic mass is 10.1. The third-order valence-corrected chi connectivity index (χ3v) is 10.7. The molecule has 0 fully saturated rings. The molecule has 58 heavy (non-hydrogen) atoms. The van der Waals surface area contributed by atoms with Crippen molar-refractivity contribution in [3.8, 4) is 40.0 Å². The number of thiazole rings is 1. The zero-order valence-electron chi connectivity index (χ0n) is 32.2. The maximum absolute atomic E-state index is 14.0. The van der Waals surface area contributed by atoms with E-state index >= 15 is 0 Å². The largest absolute Gasteiger partial charge is 0.496 e. The third-order valence-electron chi connectivity index (χ3n) is 8.66. The Morgan fingerprint density at radius 1 is 0.672 bits per heavy atom. The number of methoxy groups -OCH3 is 5. The van der Waals surface area contributed by atoms with Crippen LogP contribution in [0.5, 0.6) is 28.7 Å². The first-order chi connectivity index (χ1) is 28.2. The van der Waals surface area contributed by atoms with Crippen molar-refractivity contribution in [3.05, 3.63) is 143 Å². The summed E-state index contributed by atoms with van der Waals surface area (Å²) in [5, 5.41) is 10.3. The maximum Gasteiger partial charge on any atom is 0.272 e. The number of amides is 3. The number of ether oxygens (including phenoxy) is 5. The van der Waals surface area contributed by atoms with Gasteiger partial charge in [0, 0.05) is 38.7 Å². The monoisotopic (exact) mass is 816 g/mol. The van der Waals surface area contributed by atoms with Gasteiger partial charge in [-0.3, -0.25) is 14.4 Å². The number of hydrogen-bond donors (Lipinski definition) is 3. The molecule has 0 aliphatic carbocycles. The van der Waals surface area contributed by atoms with Crippen molar-refractivity contribution in [2.75, 3.05) is 46.2 Å². The molecule has 0 aliphatic heterocycles. The van der Waals surface area contributed by atoms with E-state index in [1.807, 2.05) is 53.9 Å². The van der Waals surface area contributed by atoms with Crippen LogP contribution in [0.4, 0.5) is 10.8 Å². The number of thioether (sulfide) groups is 1. The molecule has 12 nitrogen and oxygen atoms in total. The fourth-order valence-corrected chi connectivity index (χ4v) is 7.58. The van der Waals surface area contributed by atoms with Crippen LogP contribution in [-0.2, 0) is 9.59 Å². The number of anilines is 2. The molecule has 3 amide bonds. The molecule has 6 aromatic rings. The Balaban J connectivity index is 1.25. The Labute approximate surface area is 344 Å². The Morgan fingerprint density at radius 2 is 1.33 bits per heavy atom. The molecule has 1 aromatic heterocycles. The molecule has 14 heteroatoms. The Kier molecular flexibility index (Phi) is 13.7. The topological polar surface area (TPSA) is 146 Å². The number of nitrogens with zero attached hydrogens (tertiary/aromatic N) is 1. The van der Waals surface area contributed by atoms with Crippen LogP contribution >= 0.6 is 23.1 Å². The summed E-state index contributed by atoms with van der Waals surface area (Å²) in [4.78, 5) is 46.7. The fraction of sp³-hybridized carbons (Fsp3) is 0.136. The van der Waals surface area contributed by atoms with Crippen LogP contribution < -0.4 is 39.6 Å². The lowest BCUT2D eigenvalue weighted by molar-refractivity contribution is -0.116. The SMILES string of the molecule is COc1cc(OC)c(OC)cc1/C=C(/NC(=O)c1ccccc1)C(=O)Nc1cccc(SC(C(=O)Nc2nc(-c3ccc(OC)c(OC)c3)cs2)c2ccccc2)c1. The second kappa shape index (κ2) is 19.4. The fourth-order valence-electron chi connectivity index (χ4n) is 5.78. The Bertz CT molecular complexity index is 2420. The molecule has 1 atom stereocenters. The summed E-state index contributed by atoms with van der Waals surface area (Å²) in [7, 11) is 7.63. The van der Waals surface area contributed by atoms with Gasteiger partial charge >= 0.3 is 0 Å². The number of benzene rings is 5. The van der Waals surface area contributed by atoms with Gasteiger partial charge in [0.1, 0.15) is 16.7 Å². The Morgan fingerprint density at radius 3 is 2.02 bits per heavy atom. The number of rotatable bonds is 16. The molecule has 296 valence electrons. The van der Waals surface area contributed by atoms with Gasteiger partial charge in [-0.2, -0.15) is 0 Å². The molecule has 3 N–H and O–H groups in total. The van der Waals surface area contributed by atoms with Gasteiger partial charge in [-0.1, -0.05) is 54.6 Å². The predicted molar refractivity (Wildman–Crippen MR) is 227 cm³/mol. The minimum absolute atomic E-state index is 0.0603. The molecule has 0 saturated heterocycles. The van der Waals surface area contributed by atoms with E-state index in [0.29, 0.717) is 61.3 Å². The van der Waals surface area contributed by atoms with E-state index in [2.05, 4.69) is 20.9 Å². The lowest BCUT2D eigenvalue weighted by Gasteiger charge is -2.17. The first-order valence-corrected chi connectivity index (χ1v) is 19.5. The van der Waals surface area contributed by atoms with Crippen LogP contribution in [0.2, 0.25) is 0 Å². The van der Waals surface area contributed by atoms with Crippen molar-refractivity contribution < 1.29 is 38.1 Å². The first-order valence-electron chi connectivity index (χ1n) is 17.7. The van der Waals surface area contributed by atoms with Crippen LogP contribution in [0, 0.1) is 0 Å². The number of carbonyl (C=O) groups excluding carboxylic acids is 3. The average molecular weight is 817 g/mol. The van der Waals surface area contributed by atoms with Crippen molar-refractivity contribution in [2.24, 2.45) is 0 Å². The van der Waals surface area contributed by atoms with E-state index in [0.717, 1.165) is 11.1 Å². The van der Waals surface area contributed by atoms with Crippen LogP contribution in [0.3, 0.4) is 0 Å². The van der Waals surface area contributed by atoms with Crippen molar-refractivity contribution in [3.63, 3.8) is 0 Å². The molecule has 0 bridgehead atoms. The van der Waals surface area contributed by atoms with Crippen LogP contribution in [0.25, 0.3) is 17.3 Å². The molecule has 0 spiro atoms. The highest BCUT2D eigenvalue weighted by Crippen LogP contribution is 2.39. The van der Waals surface area contributed by atoms with Crippen molar-refractivity contribution in [1.29, 1.82) is 0 Å². The third kappa shape index (κ3) is 9.96. The van der Waals surface area contributed by atoms with E-state index in [-0.39, 0.29) is 11.6 Å². The highest BCUT2D eigenvalue weighted by atomic mass is 32.2. The van der Waals surface area contributed by atoms with Crippen LogP contribution in [0.1, 0.15) is 26.7 Å². The zero-order chi connectivity index (χ0) is 41.0. The van der Waals surface area contributed by atoms with Crippen LogP contribution in [-0.4, -0.2) is 58.3 Å². The molecule has 1 heterocycles. The van der Waals surface area contributed by atoms with E-state index in [4.69, 9.17) is 23.7 Å². The average Bonchev–Trinajstić information content (AvgIpc) is 3.73. The summed E-state index contributed by atoms with van der Waals surface area (Å²) in [5.41, 5.74) is 3.44. The summed E-state index contributed by atoms with van der Waals surface area (Å²) in [6, 6.07) is 33.8. The summed E-state index contributed by atoms with van der Waals surface area (Å²) in [6.07, 6.45) is 1.50. The minimum Gasteiger partial charge on any atom is -0.496 e.